The molecule has 0 saturated carbocycles. The topological polar surface area (TPSA) is 85.2 Å². The summed E-state index contributed by atoms with van der Waals surface area (Å²) < 4.78 is 26.8. The first-order valence-corrected chi connectivity index (χ1v) is 10.9. The molecule has 1 saturated heterocycles. The van der Waals surface area contributed by atoms with E-state index in [1.54, 1.807) is 30.1 Å². The highest BCUT2D eigenvalue weighted by molar-refractivity contribution is 7.91. The summed E-state index contributed by atoms with van der Waals surface area (Å²) in [6.07, 6.45) is 2.87. The minimum absolute atomic E-state index is 0.0272. The third-order valence-corrected chi connectivity index (χ3v) is 7.74. The van der Waals surface area contributed by atoms with Crippen molar-refractivity contribution in [3.8, 4) is 0 Å². The van der Waals surface area contributed by atoms with Gasteiger partial charge in [-0.1, -0.05) is 29.3 Å². The van der Waals surface area contributed by atoms with Crippen LogP contribution < -0.4 is 0 Å². The predicted molar refractivity (Wildman–Crippen MR) is 103 cm³/mol. The Balaban J connectivity index is 1.57. The van der Waals surface area contributed by atoms with E-state index >= 15 is 0 Å². The molecule has 0 unspecified atom stereocenters. The van der Waals surface area contributed by atoms with Crippen LogP contribution in [0.1, 0.15) is 24.8 Å². The van der Waals surface area contributed by atoms with E-state index in [4.69, 9.17) is 23.2 Å². The Morgan fingerprint density at radius 3 is 2.41 bits per heavy atom. The Morgan fingerprint density at radius 2 is 1.85 bits per heavy atom. The molecule has 2 heterocycles. The van der Waals surface area contributed by atoms with Gasteiger partial charge in [-0.2, -0.15) is 0 Å². The molecule has 0 spiro atoms. The van der Waals surface area contributed by atoms with Gasteiger partial charge in [0.15, 0.2) is 0 Å². The molecule has 7 nitrogen and oxygen atoms in total. The highest BCUT2D eigenvalue weighted by Crippen LogP contribution is 2.27. The molecule has 1 aromatic carbocycles. The second-order valence-electron chi connectivity index (χ2n) is 6.55. The molecule has 3 rings (SSSR count). The first kappa shape index (κ1) is 20.1. The van der Waals surface area contributed by atoms with Crippen LogP contribution in [0.3, 0.4) is 0 Å². The monoisotopic (exact) mass is 430 g/mol. The van der Waals surface area contributed by atoms with Crippen LogP contribution in [0.25, 0.3) is 0 Å². The molecule has 1 aromatic heterocycles. The van der Waals surface area contributed by atoms with Crippen molar-refractivity contribution in [1.29, 1.82) is 0 Å². The number of piperidine rings is 1. The Labute approximate surface area is 168 Å². The number of aromatic nitrogens is 3. The van der Waals surface area contributed by atoms with Gasteiger partial charge in [-0.25, -0.2) is 8.42 Å². The van der Waals surface area contributed by atoms with E-state index in [9.17, 15) is 13.2 Å². The lowest BCUT2D eigenvalue weighted by molar-refractivity contribution is -0.132. The highest BCUT2D eigenvalue weighted by atomic mass is 35.5. The largest absolute Gasteiger partial charge is 0.343 e. The summed E-state index contributed by atoms with van der Waals surface area (Å²) in [7, 11) is -1.95. The van der Waals surface area contributed by atoms with Gasteiger partial charge < -0.3 is 9.47 Å². The molecule has 0 atom stereocenters. The van der Waals surface area contributed by atoms with Crippen molar-refractivity contribution in [1.82, 2.24) is 19.7 Å². The summed E-state index contributed by atoms with van der Waals surface area (Å²) >= 11 is 12.3. The molecule has 1 fully saturated rings. The second kappa shape index (κ2) is 8.16. The van der Waals surface area contributed by atoms with Crippen LogP contribution >= 0.6 is 23.2 Å². The zero-order valence-electron chi connectivity index (χ0n) is 14.8. The van der Waals surface area contributed by atoms with Crippen molar-refractivity contribution in [3.63, 3.8) is 0 Å². The summed E-state index contributed by atoms with van der Waals surface area (Å²) in [6, 6.07) is 5.25. The quantitative estimate of drug-likeness (QED) is 0.727. The van der Waals surface area contributed by atoms with E-state index in [1.165, 1.54) is 10.9 Å². The van der Waals surface area contributed by atoms with Crippen LogP contribution in [0, 0.1) is 0 Å². The number of likely N-dealkylation sites (tertiary alicyclic amines) is 1. The SMILES string of the molecule is Cn1cnnc1S(=O)(=O)C1CCN(C(=O)CCc2c(Cl)cccc2Cl)CC1. The first-order valence-electron chi connectivity index (χ1n) is 8.59. The van der Waals surface area contributed by atoms with Gasteiger partial charge in [0, 0.05) is 36.6 Å². The maximum Gasteiger partial charge on any atom is 0.249 e. The standard InChI is InChI=1S/C17H20Cl2N4O3S/c1-22-11-20-21-17(22)27(25,26)12-7-9-23(10-8-12)16(24)6-5-13-14(18)3-2-4-15(13)19/h2-4,11-12H,5-10H2,1H3. The molecule has 1 aliphatic heterocycles. The van der Waals surface area contributed by atoms with Gasteiger partial charge in [-0.3, -0.25) is 4.79 Å². The highest BCUT2D eigenvalue weighted by Gasteiger charge is 2.35. The fourth-order valence-corrected chi connectivity index (χ4v) is 5.58. The summed E-state index contributed by atoms with van der Waals surface area (Å²) in [5.74, 6) is -0.0273. The summed E-state index contributed by atoms with van der Waals surface area (Å²) in [5.41, 5.74) is 0.758. The number of hydrogen-bond acceptors (Lipinski definition) is 5. The number of benzene rings is 1. The van der Waals surface area contributed by atoms with Crippen molar-refractivity contribution in [2.45, 2.75) is 36.1 Å². The minimum atomic E-state index is -3.55. The maximum absolute atomic E-state index is 12.7. The molecule has 1 aliphatic rings. The molecular formula is C17H20Cl2N4O3S. The van der Waals surface area contributed by atoms with Crippen LogP contribution in [-0.2, 0) is 28.1 Å². The van der Waals surface area contributed by atoms with Gasteiger partial charge in [0.1, 0.15) is 6.33 Å². The smallest absolute Gasteiger partial charge is 0.249 e. The van der Waals surface area contributed by atoms with Crippen molar-refractivity contribution >= 4 is 38.9 Å². The summed E-state index contributed by atoms with van der Waals surface area (Å²) in [4.78, 5) is 14.2. The van der Waals surface area contributed by atoms with Crippen LogP contribution in [-0.4, -0.2) is 52.3 Å². The Hall–Kier alpha value is -1.64. The molecule has 10 heteroatoms. The predicted octanol–water partition coefficient (Wildman–Crippen LogP) is 2.52. The number of aryl methyl sites for hydroxylation is 1. The van der Waals surface area contributed by atoms with Crippen molar-refractivity contribution in [2.24, 2.45) is 7.05 Å². The lowest BCUT2D eigenvalue weighted by Crippen LogP contribution is -2.43. The van der Waals surface area contributed by atoms with Crippen LogP contribution in [0.15, 0.2) is 29.7 Å². The van der Waals surface area contributed by atoms with Crippen molar-refractivity contribution in [2.75, 3.05) is 13.1 Å². The molecule has 146 valence electrons. The summed E-state index contributed by atoms with van der Waals surface area (Å²) in [5, 5.41) is 7.87. The number of rotatable bonds is 5. The molecule has 0 bridgehead atoms. The number of nitrogens with zero attached hydrogens (tertiary/aromatic N) is 4. The van der Waals surface area contributed by atoms with E-state index in [-0.39, 0.29) is 17.5 Å². The number of halogens is 2. The van der Waals surface area contributed by atoms with Gasteiger partial charge in [-0.05, 0) is 37.0 Å². The van der Waals surface area contributed by atoms with E-state index in [2.05, 4.69) is 10.2 Å². The normalized spacial score (nSPS) is 15.9. The Kier molecular flexibility index (Phi) is 6.08. The molecule has 0 N–H and O–H groups in total. The molecule has 0 radical (unpaired) electrons. The van der Waals surface area contributed by atoms with E-state index in [0.29, 0.717) is 42.4 Å². The minimum Gasteiger partial charge on any atom is -0.343 e. The molecular weight excluding hydrogens is 411 g/mol. The number of hydrogen-bond donors (Lipinski definition) is 0. The fraction of sp³-hybridized carbons (Fsp3) is 0.471. The van der Waals surface area contributed by atoms with E-state index < -0.39 is 15.1 Å². The number of amides is 1. The Morgan fingerprint density at radius 1 is 1.22 bits per heavy atom. The van der Waals surface area contributed by atoms with E-state index in [0.717, 1.165) is 5.56 Å². The molecule has 1 amide bonds. The fourth-order valence-electron chi connectivity index (χ4n) is 3.26. The van der Waals surface area contributed by atoms with Crippen LogP contribution in [0.5, 0.6) is 0 Å². The summed E-state index contributed by atoms with van der Waals surface area (Å²) in [6.45, 7) is 0.799. The van der Waals surface area contributed by atoms with Gasteiger partial charge >= 0.3 is 0 Å². The van der Waals surface area contributed by atoms with Crippen molar-refractivity contribution < 1.29 is 13.2 Å². The van der Waals surface area contributed by atoms with Gasteiger partial charge in [0.2, 0.25) is 20.9 Å². The number of carbonyl (C=O) groups excluding carboxylic acids is 1. The average molecular weight is 431 g/mol. The molecule has 2 aromatic rings. The lowest BCUT2D eigenvalue weighted by Gasteiger charge is -2.31. The maximum atomic E-state index is 12.7. The van der Waals surface area contributed by atoms with Crippen molar-refractivity contribution in [3.05, 3.63) is 40.1 Å². The van der Waals surface area contributed by atoms with Gasteiger partial charge in [0.05, 0.1) is 5.25 Å². The third-order valence-electron chi connectivity index (χ3n) is 4.81. The molecule has 27 heavy (non-hydrogen) atoms. The zero-order valence-corrected chi connectivity index (χ0v) is 17.1. The zero-order chi connectivity index (χ0) is 19.6. The van der Waals surface area contributed by atoms with Crippen LogP contribution in [0.4, 0.5) is 0 Å². The number of sulfone groups is 1. The molecule has 0 aliphatic carbocycles. The van der Waals surface area contributed by atoms with Crippen LogP contribution in [0.2, 0.25) is 10.0 Å². The van der Waals surface area contributed by atoms with Gasteiger partial charge in [-0.15, -0.1) is 10.2 Å². The lowest BCUT2D eigenvalue weighted by atomic mass is 10.1. The first-order chi connectivity index (χ1) is 12.8. The second-order valence-corrected chi connectivity index (χ2v) is 9.49. The number of carbonyl (C=O) groups is 1. The van der Waals surface area contributed by atoms with E-state index in [1.807, 2.05) is 0 Å². The van der Waals surface area contributed by atoms with Gasteiger partial charge in [0.25, 0.3) is 0 Å². The third kappa shape index (κ3) is 4.28. The average Bonchev–Trinajstić information content (AvgIpc) is 3.08. The Bertz CT molecular complexity index is 917.